The molecule has 0 aliphatic carbocycles. The van der Waals surface area contributed by atoms with Gasteiger partial charge in [0.15, 0.2) is 0 Å². The highest BCUT2D eigenvalue weighted by Gasteiger charge is 2.00. The van der Waals surface area contributed by atoms with Crippen molar-refractivity contribution in [3.05, 3.63) is 0 Å². The number of nitrogens with one attached hydrogen (secondary N) is 4. The average Bonchev–Trinajstić information content (AvgIpc) is 2.64. The fourth-order valence-corrected chi connectivity index (χ4v) is 2.81. The Kier molecular flexibility index (Phi) is 21.8. The van der Waals surface area contributed by atoms with Crippen molar-refractivity contribution in [2.24, 2.45) is 5.73 Å². The fourth-order valence-electron chi connectivity index (χ4n) is 2.81. The number of unbranched alkanes of at least 4 members (excludes halogenated alkanes) is 8. The molecule has 6 N–H and O–H groups in total. The molecule has 0 radical (unpaired) electrons. The second-order valence-corrected chi connectivity index (χ2v) is 6.97. The van der Waals surface area contributed by atoms with Gasteiger partial charge in [0.25, 0.3) is 0 Å². The molecule has 0 aliphatic rings. The maximum atomic E-state index is 11.7. The minimum atomic E-state index is 0.193. The quantitative estimate of drug-likeness (QED) is 0.198. The second-order valence-electron chi connectivity index (χ2n) is 6.97. The Hall–Kier alpha value is -0.690. The molecule has 1 amide bonds. The Morgan fingerprint density at radius 1 is 0.654 bits per heavy atom. The van der Waals surface area contributed by atoms with Crippen molar-refractivity contribution in [3.63, 3.8) is 0 Å². The molecule has 0 atom stereocenters. The van der Waals surface area contributed by atoms with Gasteiger partial charge in [-0.15, -0.1) is 0 Å². The van der Waals surface area contributed by atoms with Crippen molar-refractivity contribution in [3.8, 4) is 0 Å². The molecule has 26 heavy (non-hydrogen) atoms. The molecule has 0 spiro atoms. The summed E-state index contributed by atoms with van der Waals surface area (Å²) in [4.78, 5) is 11.7. The summed E-state index contributed by atoms with van der Waals surface area (Å²) >= 11 is 0. The predicted octanol–water partition coefficient (Wildman–Crippen LogP) is 1.75. The van der Waals surface area contributed by atoms with Gasteiger partial charge in [-0.3, -0.25) is 4.79 Å². The van der Waals surface area contributed by atoms with Crippen molar-refractivity contribution in [2.45, 2.75) is 71.1 Å². The number of nitrogens with two attached hydrogens (primary N) is 1. The second kappa shape index (κ2) is 22.4. The summed E-state index contributed by atoms with van der Waals surface area (Å²) in [5, 5.41) is 12.9. The van der Waals surface area contributed by atoms with Gasteiger partial charge in [0.05, 0.1) is 0 Å². The number of rotatable bonds is 21. The molecule has 0 aromatic carbocycles. The van der Waals surface area contributed by atoms with E-state index in [0.717, 1.165) is 45.7 Å². The summed E-state index contributed by atoms with van der Waals surface area (Å²) < 4.78 is 0. The van der Waals surface area contributed by atoms with E-state index in [4.69, 9.17) is 5.73 Å². The van der Waals surface area contributed by atoms with Gasteiger partial charge in [-0.1, -0.05) is 58.3 Å². The molecule has 0 aromatic heterocycles. The molecule has 6 heteroatoms. The lowest BCUT2D eigenvalue weighted by Gasteiger charge is -2.08. The van der Waals surface area contributed by atoms with Crippen LogP contribution < -0.4 is 27.0 Å². The molecule has 0 saturated carbocycles. The lowest BCUT2D eigenvalue weighted by Crippen LogP contribution is -2.36. The molecule has 0 unspecified atom stereocenters. The third-order valence-electron chi connectivity index (χ3n) is 4.41. The van der Waals surface area contributed by atoms with E-state index in [1.54, 1.807) is 0 Å². The third-order valence-corrected chi connectivity index (χ3v) is 4.41. The van der Waals surface area contributed by atoms with Crippen LogP contribution in [0.5, 0.6) is 0 Å². The first-order valence-electron chi connectivity index (χ1n) is 10.9. The maximum absolute atomic E-state index is 11.7. The summed E-state index contributed by atoms with van der Waals surface area (Å²) in [7, 11) is 0. The molecular weight excluding hydrogens is 326 g/mol. The lowest BCUT2D eigenvalue weighted by atomic mass is 10.1. The topological polar surface area (TPSA) is 91.2 Å². The summed E-state index contributed by atoms with van der Waals surface area (Å²) in [6.07, 6.45) is 12.3. The average molecular weight is 372 g/mol. The number of carbonyl (C=O) groups is 1. The van der Waals surface area contributed by atoms with Crippen LogP contribution in [0.4, 0.5) is 0 Å². The largest absolute Gasteiger partial charge is 0.355 e. The van der Waals surface area contributed by atoms with E-state index in [9.17, 15) is 4.79 Å². The molecule has 0 aromatic rings. The van der Waals surface area contributed by atoms with E-state index >= 15 is 0 Å². The first-order valence-corrected chi connectivity index (χ1v) is 10.9. The standard InChI is InChI=1S/C20H45N5O/c1-2-3-4-5-6-7-8-9-10-11-20(26)25-19-18-24-17-16-23-15-14-22-13-12-21/h22-24H,2-19,21H2,1H3,(H,25,26). The van der Waals surface area contributed by atoms with Crippen LogP contribution in [-0.2, 0) is 4.79 Å². The number of amides is 1. The Morgan fingerprint density at radius 2 is 1.12 bits per heavy atom. The Labute approximate surface area is 161 Å². The highest BCUT2D eigenvalue weighted by atomic mass is 16.1. The van der Waals surface area contributed by atoms with Gasteiger partial charge in [-0.05, 0) is 6.42 Å². The van der Waals surface area contributed by atoms with Gasteiger partial charge in [0.1, 0.15) is 0 Å². The smallest absolute Gasteiger partial charge is 0.220 e. The Bertz CT molecular complexity index is 289. The minimum absolute atomic E-state index is 0.193. The monoisotopic (exact) mass is 371 g/mol. The summed E-state index contributed by atoms with van der Waals surface area (Å²) in [6, 6.07) is 0. The van der Waals surface area contributed by atoms with E-state index in [-0.39, 0.29) is 5.91 Å². The fraction of sp³-hybridized carbons (Fsp3) is 0.950. The van der Waals surface area contributed by atoms with Crippen LogP contribution in [0, 0.1) is 0 Å². The van der Waals surface area contributed by atoms with Crippen molar-refractivity contribution >= 4 is 5.91 Å². The summed E-state index contributed by atoms with van der Waals surface area (Å²) in [5.41, 5.74) is 5.40. The summed E-state index contributed by atoms with van der Waals surface area (Å²) in [6.45, 7) is 9.13. The molecule has 6 nitrogen and oxygen atoms in total. The zero-order valence-electron chi connectivity index (χ0n) is 17.2. The van der Waals surface area contributed by atoms with Crippen molar-refractivity contribution in [2.75, 3.05) is 52.4 Å². The normalized spacial score (nSPS) is 11.0. The van der Waals surface area contributed by atoms with Crippen LogP contribution in [0.1, 0.15) is 71.1 Å². The van der Waals surface area contributed by atoms with Gasteiger partial charge in [-0.25, -0.2) is 0 Å². The van der Waals surface area contributed by atoms with Crippen molar-refractivity contribution in [1.29, 1.82) is 0 Å². The van der Waals surface area contributed by atoms with Gasteiger partial charge >= 0.3 is 0 Å². The molecule has 0 saturated heterocycles. The number of hydrogen-bond donors (Lipinski definition) is 5. The highest BCUT2D eigenvalue weighted by molar-refractivity contribution is 5.75. The van der Waals surface area contributed by atoms with Crippen molar-refractivity contribution < 1.29 is 4.79 Å². The van der Waals surface area contributed by atoms with Crippen molar-refractivity contribution in [1.82, 2.24) is 21.3 Å². The molecular formula is C20H45N5O. The van der Waals surface area contributed by atoms with Crippen LogP contribution >= 0.6 is 0 Å². The van der Waals surface area contributed by atoms with E-state index in [0.29, 0.717) is 19.5 Å². The number of carbonyl (C=O) groups excluding carboxylic acids is 1. The molecule has 0 bridgehead atoms. The molecule has 0 fully saturated rings. The van der Waals surface area contributed by atoms with Gasteiger partial charge in [-0.2, -0.15) is 0 Å². The van der Waals surface area contributed by atoms with E-state index in [2.05, 4.69) is 28.2 Å². The van der Waals surface area contributed by atoms with E-state index in [1.807, 2.05) is 0 Å². The van der Waals surface area contributed by atoms with Crippen LogP contribution in [0.2, 0.25) is 0 Å². The number of hydrogen-bond acceptors (Lipinski definition) is 5. The SMILES string of the molecule is CCCCCCCCCCCC(=O)NCCNCCNCCNCCN. The van der Waals surface area contributed by atoms with Crippen LogP contribution in [0.3, 0.4) is 0 Å². The van der Waals surface area contributed by atoms with E-state index < -0.39 is 0 Å². The molecule has 0 heterocycles. The van der Waals surface area contributed by atoms with Gasteiger partial charge in [0, 0.05) is 58.8 Å². The highest BCUT2D eigenvalue weighted by Crippen LogP contribution is 2.10. The molecule has 0 aliphatic heterocycles. The molecule has 156 valence electrons. The maximum Gasteiger partial charge on any atom is 0.220 e. The first-order chi connectivity index (χ1) is 12.8. The van der Waals surface area contributed by atoms with Gasteiger partial charge < -0.3 is 27.0 Å². The zero-order chi connectivity index (χ0) is 19.1. The lowest BCUT2D eigenvalue weighted by molar-refractivity contribution is -0.121. The predicted molar refractivity (Wildman–Crippen MR) is 113 cm³/mol. The zero-order valence-corrected chi connectivity index (χ0v) is 17.2. The third kappa shape index (κ3) is 21.4. The molecule has 0 rings (SSSR count). The van der Waals surface area contributed by atoms with Crippen LogP contribution in [0.15, 0.2) is 0 Å². The minimum Gasteiger partial charge on any atom is -0.355 e. The van der Waals surface area contributed by atoms with Crippen LogP contribution in [0.25, 0.3) is 0 Å². The van der Waals surface area contributed by atoms with E-state index in [1.165, 1.54) is 51.4 Å². The van der Waals surface area contributed by atoms with Crippen LogP contribution in [-0.4, -0.2) is 58.3 Å². The van der Waals surface area contributed by atoms with Gasteiger partial charge in [0.2, 0.25) is 5.91 Å². The summed E-state index contributed by atoms with van der Waals surface area (Å²) in [5.74, 6) is 0.193. The first kappa shape index (κ1) is 25.3. The Balaban J connectivity index is 3.13. The Morgan fingerprint density at radius 3 is 1.65 bits per heavy atom.